The molecule has 2 aromatic carbocycles. The summed E-state index contributed by atoms with van der Waals surface area (Å²) in [6.07, 6.45) is 14.0. The molecule has 1 N–H and O–H groups in total. The number of fused-ring (bicyclic) bond motifs is 6. The number of carbonyl (C=O) groups excluding carboxylic acids is 3. The number of nitrogens with one attached hydrogen (secondary N) is 1. The second kappa shape index (κ2) is 17.5. The van der Waals surface area contributed by atoms with Gasteiger partial charge in [0.15, 0.2) is 0 Å². The fraction of sp³-hybridized carbons (Fsp3) is 0.638. The molecule has 3 aromatic rings. The van der Waals surface area contributed by atoms with Crippen LogP contribution in [0, 0.1) is 40.3 Å². The molecule has 1 aromatic heterocycles. The van der Waals surface area contributed by atoms with E-state index in [0.717, 1.165) is 74.7 Å². The van der Waals surface area contributed by atoms with Gasteiger partial charge in [-0.3, -0.25) is 19.2 Å². The number of H-pyrrole nitrogens is 1. The molecule has 4 unspecified atom stereocenters. The van der Waals surface area contributed by atoms with E-state index in [2.05, 4.69) is 24.0 Å². The van der Waals surface area contributed by atoms with Crippen molar-refractivity contribution < 1.29 is 29.2 Å². The number of aromatic amines is 1. The van der Waals surface area contributed by atoms with E-state index in [-0.39, 0.29) is 34.1 Å². The first-order valence-corrected chi connectivity index (χ1v) is 22.0. The molecule has 4 aliphatic carbocycles. The van der Waals surface area contributed by atoms with Crippen molar-refractivity contribution in [3.8, 4) is 0 Å². The zero-order chi connectivity index (χ0) is 40.3. The van der Waals surface area contributed by atoms with Crippen molar-refractivity contribution in [1.29, 1.82) is 0 Å². The number of benzene rings is 2. The lowest BCUT2D eigenvalue weighted by Gasteiger charge is -2.60. The maximum atomic E-state index is 15.0. The van der Waals surface area contributed by atoms with Crippen LogP contribution < -0.4 is 5.56 Å². The van der Waals surface area contributed by atoms with Crippen LogP contribution in [0.4, 0.5) is 4.39 Å². The number of carbonyl (C=O) groups is 3. The second-order valence-electron chi connectivity index (χ2n) is 17.9. The van der Waals surface area contributed by atoms with Gasteiger partial charge in [0.1, 0.15) is 11.6 Å². The van der Waals surface area contributed by atoms with Crippen molar-refractivity contribution in [3.05, 3.63) is 75.5 Å². The lowest BCUT2D eigenvalue weighted by Crippen LogP contribution is -2.54. The lowest BCUT2D eigenvalue weighted by molar-refractivity contribution is -0.145. The number of hydrogen-bond donors (Lipinski definition) is 1. The number of unbranched alkanes of at least 4 members (excludes halogenated alkanes) is 2. The summed E-state index contributed by atoms with van der Waals surface area (Å²) in [5.41, 5.74) is 1.69. The molecule has 0 spiro atoms. The summed E-state index contributed by atoms with van der Waals surface area (Å²) >= 11 is 0. The van der Waals surface area contributed by atoms with Gasteiger partial charge in [0.2, 0.25) is 5.91 Å². The van der Waals surface area contributed by atoms with E-state index in [4.69, 9.17) is 4.74 Å². The van der Waals surface area contributed by atoms with Gasteiger partial charge in [-0.2, -0.15) is 5.10 Å². The molecule has 316 valence electrons. The topological polar surface area (TPSA) is 113 Å². The average Bonchev–Trinajstić information content (AvgIpc) is 3.57. The van der Waals surface area contributed by atoms with E-state index >= 15 is 0 Å². The quantitative estimate of drug-likeness (QED) is 0.205. The lowest BCUT2D eigenvalue weighted by atomic mass is 9.45. The average molecular weight is 791 g/mol. The predicted octanol–water partition coefficient (Wildman–Crippen LogP) is 9.51. The van der Waals surface area contributed by atoms with E-state index in [9.17, 15) is 23.6 Å². The summed E-state index contributed by atoms with van der Waals surface area (Å²) < 4.78 is 21.6. The molecule has 5 fully saturated rings. The van der Waals surface area contributed by atoms with Gasteiger partial charge in [0, 0.05) is 69.6 Å². The number of nitrogens with zero attached hydrogens (tertiary/aromatic N) is 3. The van der Waals surface area contributed by atoms with Crippen LogP contribution in [0.3, 0.4) is 0 Å². The first-order valence-electron chi connectivity index (χ1n) is 22.0. The van der Waals surface area contributed by atoms with Gasteiger partial charge < -0.3 is 14.5 Å². The van der Waals surface area contributed by atoms with Gasteiger partial charge in [-0.05, 0) is 116 Å². The molecule has 57 heavy (non-hydrogen) atoms. The van der Waals surface area contributed by atoms with Crippen LogP contribution in [-0.4, -0.2) is 76.5 Å². The maximum absolute atomic E-state index is 15.0. The Bertz CT molecular complexity index is 2010. The smallest absolute Gasteiger partial charge is 0.272 e. The number of aromatic nitrogens is 2. The Labute approximate surface area is 343 Å². The van der Waals surface area contributed by atoms with Gasteiger partial charge in [-0.25, -0.2) is 9.49 Å². The van der Waals surface area contributed by atoms with Crippen LogP contribution in [0.25, 0.3) is 10.8 Å². The molecular weight excluding hydrogens is 720 g/mol. The molecule has 7 atom stereocenters. The van der Waals surface area contributed by atoms with Crippen molar-refractivity contribution >= 4 is 28.4 Å². The Hall–Kier alpha value is -3.92. The Balaban J connectivity index is 0.00000163. The Morgan fingerprint density at radius 1 is 0.877 bits per heavy atom. The van der Waals surface area contributed by atoms with Crippen molar-refractivity contribution in [2.75, 3.05) is 32.8 Å². The number of piperazine rings is 1. The number of Topliss-reactive ketones (excluding diaryl/α,β-unsaturated/α-hetero) is 1. The third kappa shape index (κ3) is 8.22. The molecule has 10 heteroatoms. The minimum Gasteiger partial charge on any atom is -0.378 e. The number of amides is 2. The summed E-state index contributed by atoms with van der Waals surface area (Å²) in [4.78, 5) is 54.5. The van der Waals surface area contributed by atoms with Gasteiger partial charge in [-0.1, -0.05) is 58.4 Å². The van der Waals surface area contributed by atoms with E-state index in [1.54, 1.807) is 29.2 Å². The number of rotatable bonds is 10. The van der Waals surface area contributed by atoms with E-state index in [0.29, 0.717) is 78.9 Å². The highest BCUT2D eigenvalue weighted by Crippen LogP contribution is 2.66. The molecule has 2 amide bonds. The Morgan fingerprint density at radius 3 is 2.40 bits per heavy atom. The molecule has 0 radical (unpaired) electrons. The SMILES string of the molecule is CC.C[C@]12CCC(=O)CC1CCC1C2CC[C@@]2(C)C1CC[C@@H]2OCCCCCC(=O)N1CCN(C(=O)c2cc(Cc3n[nH]c(=O)c4ccccc34)ccc2F)CC1.[HH].[HH].[HH].[HH]. The molecule has 9 nitrogen and oxygen atoms in total. The second-order valence-corrected chi connectivity index (χ2v) is 17.9. The van der Waals surface area contributed by atoms with Crippen LogP contribution in [0.15, 0.2) is 47.3 Å². The highest BCUT2D eigenvalue weighted by atomic mass is 19.1. The summed E-state index contributed by atoms with van der Waals surface area (Å²) in [5.74, 6) is 2.49. The van der Waals surface area contributed by atoms with Crippen LogP contribution in [0.1, 0.15) is 138 Å². The van der Waals surface area contributed by atoms with Gasteiger partial charge in [-0.15, -0.1) is 0 Å². The van der Waals surface area contributed by atoms with Crippen LogP contribution in [0.2, 0.25) is 0 Å². The minimum absolute atomic E-state index is 0. The highest BCUT2D eigenvalue weighted by Gasteiger charge is 2.60. The Kier molecular flexibility index (Phi) is 12.7. The zero-order valence-corrected chi connectivity index (χ0v) is 34.6. The van der Waals surface area contributed by atoms with Gasteiger partial charge in [0.05, 0.1) is 22.7 Å². The van der Waals surface area contributed by atoms with Gasteiger partial charge in [0.25, 0.3) is 11.5 Å². The zero-order valence-electron chi connectivity index (χ0n) is 34.6. The van der Waals surface area contributed by atoms with Crippen molar-refractivity contribution in [2.45, 2.75) is 124 Å². The summed E-state index contributed by atoms with van der Waals surface area (Å²) in [5, 5.41) is 8.01. The summed E-state index contributed by atoms with van der Waals surface area (Å²) in [6.45, 7) is 11.3. The standard InChI is InChI=1S/C45H57FN4O5.C2H6.4H2/c1-44-19-17-31(51)28-30(44)12-13-34-36-14-16-40(45(36,2)20-18-37(34)44)55-25-7-3-4-10-41(52)49-21-23-50(24-22-49)43(54)35-26-29(11-15-38(35)46)27-39-32-8-5-6-9-33(32)42(53)48-47-39;1-2;;;;/h5-6,8-9,11,15,26,30,34,36-37,40H,3-4,7,10,12-14,16-25,27-28H2,1-2H3,(H,48,53);1-2H3;4*1H/t30?,34?,36?,37?,40-,44-,45-;;;;;/m0...../s1. The van der Waals surface area contributed by atoms with Crippen molar-refractivity contribution in [3.63, 3.8) is 0 Å². The van der Waals surface area contributed by atoms with Crippen LogP contribution in [-0.2, 0) is 20.7 Å². The third-order valence-corrected chi connectivity index (χ3v) is 15.1. The molecule has 4 saturated carbocycles. The summed E-state index contributed by atoms with van der Waals surface area (Å²) in [6, 6.07) is 11.7. The number of hydrogen-bond acceptors (Lipinski definition) is 6. The van der Waals surface area contributed by atoms with Gasteiger partial charge >= 0.3 is 0 Å². The monoisotopic (exact) mass is 791 g/mol. The fourth-order valence-electron chi connectivity index (χ4n) is 11.9. The molecule has 1 aliphatic heterocycles. The van der Waals surface area contributed by atoms with E-state index < -0.39 is 5.82 Å². The van der Waals surface area contributed by atoms with Crippen molar-refractivity contribution in [1.82, 2.24) is 20.0 Å². The fourth-order valence-corrected chi connectivity index (χ4v) is 11.9. The molecular formula is C47H71FN4O5. The molecule has 1 saturated heterocycles. The molecule has 2 heterocycles. The molecule has 5 aliphatic rings. The number of ketones is 1. The first kappa shape index (κ1) is 41.2. The van der Waals surface area contributed by atoms with E-state index in [1.165, 1.54) is 38.2 Å². The Morgan fingerprint density at radius 2 is 1.61 bits per heavy atom. The van der Waals surface area contributed by atoms with Crippen molar-refractivity contribution in [2.24, 2.45) is 34.5 Å². The number of ether oxygens (including phenoxy) is 1. The normalized spacial score (nSPS) is 29.6. The molecule has 8 rings (SSSR count). The van der Waals surface area contributed by atoms with E-state index in [1.807, 2.05) is 30.9 Å². The highest BCUT2D eigenvalue weighted by molar-refractivity contribution is 5.95. The first-order chi connectivity index (χ1) is 27.5. The predicted molar refractivity (Wildman–Crippen MR) is 229 cm³/mol. The minimum atomic E-state index is -0.583. The number of halogens is 1. The summed E-state index contributed by atoms with van der Waals surface area (Å²) in [7, 11) is 0. The largest absolute Gasteiger partial charge is 0.378 e. The molecule has 0 bridgehead atoms. The van der Waals surface area contributed by atoms with Crippen LogP contribution >= 0.6 is 0 Å². The third-order valence-electron chi connectivity index (χ3n) is 15.1. The maximum Gasteiger partial charge on any atom is 0.272 e. The van der Waals surface area contributed by atoms with Crippen LogP contribution in [0.5, 0.6) is 0 Å².